The van der Waals surface area contributed by atoms with Crippen molar-refractivity contribution in [2.75, 3.05) is 19.7 Å². The summed E-state index contributed by atoms with van der Waals surface area (Å²) >= 11 is 12.2. The lowest BCUT2D eigenvalue weighted by atomic mass is 9.86. The highest BCUT2D eigenvalue weighted by atomic mass is 35.5. The van der Waals surface area contributed by atoms with Gasteiger partial charge in [-0.05, 0) is 58.7 Å². The molecule has 1 aromatic carbocycles. The van der Waals surface area contributed by atoms with Crippen LogP contribution < -0.4 is 14.8 Å². The molecule has 0 saturated carbocycles. The summed E-state index contributed by atoms with van der Waals surface area (Å²) in [4.78, 5) is 0. The fourth-order valence-corrected chi connectivity index (χ4v) is 4.24. The molecular weight excluding hydrogens is 434 g/mol. The van der Waals surface area contributed by atoms with E-state index in [9.17, 15) is 8.60 Å². The third-order valence-electron chi connectivity index (χ3n) is 4.47. The molecule has 1 fully saturated rings. The summed E-state index contributed by atoms with van der Waals surface area (Å²) in [7, 11) is -1.35. The summed E-state index contributed by atoms with van der Waals surface area (Å²) in [5.41, 5.74) is 0.535. The van der Waals surface area contributed by atoms with Crippen LogP contribution in [0.2, 0.25) is 10.0 Å². The highest BCUT2D eigenvalue weighted by Crippen LogP contribution is 2.42. The van der Waals surface area contributed by atoms with E-state index in [2.05, 4.69) is 16.6 Å². The molecule has 2 N–H and O–H groups in total. The van der Waals surface area contributed by atoms with Gasteiger partial charge < -0.3 is 10.1 Å². The molecule has 1 aliphatic heterocycles. The number of piperidine rings is 1. The Labute approximate surface area is 187 Å². The predicted octanol–water partition coefficient (Wildman–Crippen LogP) is 5.82. The maximum Gasteiger partial charge on any atom is 0.185 e. The molecule has 0 spiro atoms. The Kier molecular flexibility index (Phi) is 11.1. The summed E-state index contributed by atoms with van der Waals surface area (Å²) in [6.45, 7) is 15.1. The van der Waals surface area contributed by atoms with Crippen LogP contribution in [-0.2, 0) is 11.0 Å². The van der Waals surface area contributed by atoms with E-state index >= 15 is 0 Å². The van der Waals surface area contributed by atoms with Gasteiger partial charge in [0.1, 0.15) is 6.61 Å². The Morgan fingerprint density at radius 1 is 1.38 bits per heavy atom. The van der Waals surface area contributed by atoms with Crippen molar-refractivity contribution in [3.8, 4) is 5.75 Å². The number of halogens is 3. The predicted molar refractivity (Wildman–Crippen MR) is 123 cm³/mol. The Morgan fingerprint density at radius 2 is 1.97 bits per heavy atom. The van der Waals surface area contributed by atoms with Crippen LogP contribution in [0.1, 0.15) is 59.1 Å². The molecule has 1 aromatic rings. The van der Waals surface area contributed by atoms with E-state index < -0.39 is 21.5 Å². The average molecular weight is 467 g/mol. The van der Waals surface area contributed by atoms with Crippen LogP contribution in [0.3, 0.4) is 0 Å². The van der Waals surface area contributed by atoms with Crippen molar-refractivity contribution in [3.05, 3.63) is 40.1 Å². The molecule has 1 aliphatic rings. The second-order valence-corrected chi connectivity index (χ2v) is 10.4. The Hall–Kier alpha value is -0.660. The quantitative estimate of drug-likeness (QED) is 0.393. The molecule has 0 bridgehead atoms. The topological polar surface area (TPSA) is 50.4 Å². The Balaban J connectivity index is 0.00000204. The number of ether oxygens (including phenoxy) is 1. The van der Waals surface area contributed by atoms with Crippen LogP contribution >= 0.6 is 23.2 Å². The lowest BCUT2D eigenvalue weighted by Crippen LogP contribution is -2.41. The minimum atomic E-state index is -1.35. The zero-order valence-corrected chi connectivity index (χ0v) is 20.2. The van der Waals surface area contributed by atoms with Gasteiger partial charge in [-0.2, -0.15) is 0 Å². The lowest BCUT2D eigenvalue weighted by Gasteiger charge is -2.34. The fourth-order valence-electron chi connectivity index (χ4n) is 3.00. The van der Waals surface area contributed by atoms with Gasteiger partial charge >= 0.3 is 0 Å². The first-order chi connectivity index (χ1) is 13.7. The molecule has 2 rings (SSSR count). The van der Waals surface area contributed by atoms with E-state index in [1.165, 1.54) is 6.08 Å². The van der Waals surface area contributed by atoms with Gasteiger partial charge in [0.2, 0.25) is 0 Å². The minimum Gasteiger partial charge on any atom is -0.486 e. The molecule has 8 heteroatoms. The second-order valence-electron chi connectivity index (χ2n) is 7.57. The zero-order chi connectivity index (χ0) is 22.2. The molecule has 0 amide bonds. The summed E-state index contributed by atoms with van der Waals surface area (Å²) in [6.07, 6.45) is 3.26. The molecule has 1 heterocycles. The standard InChI is InChI=1S/C19H27Cl2FN2O2S.C2H6/c1-5-10-26-18-13(11-14(20)15(21)16(18)22)17(12-6-8-23-9-7-12)24-27(25)19(2,3)4;1-2/h5,11-12,17,23-24H,1,6-10H2,2-4H3;1-2H3. The van der Waals surface area contributed by atoms with Gasteiger partial charge in [0.15, 0.2) is 11.6 Å². The van der Waals surface area contributed by atoms with E-state index in [-0.39, 0.29) is 34.4 Å². The van der Waals surface area contributed by atoms with E-state index in [0.717, 1.165) is 25.9 Å². The molecule has 2 unspecified atom stereocenters. The van der Waals surface area contributed by atoms with Gasteiger partial charge in [-0.15, -0.1) is 0 Å². The smallest absolute Gasteiger partial charge is 0.185 e. The summed E-state index contributed by atoms with van der Waals surface area (Å²) < 4.78 is 36.0. The minimum absolute atomic E-state index is 0.0336. The molecule has 1 saturated heterocycles. The molecule has 0 aromatic heterocycles. The highest BCUT2D eigenvalue weighted by molar-refractivity contribution is 7.84. The first kappa shape index (κ1) is 26.4. The SMILES string of the molecule is C=CCOc1c(C(NS(=O)C(C)(C)C)C2CCNCC2)cc(Cl)c(Cl)c1F.CC. The molecule has 2 atom stereocenters. The van der Waals surface area contributed by atoms with Crippen LogP contribution in [0.5, 0.6) is 5.75 Å². The number of rotatable bonds is 7. The summed E-state index contributed by atoms with van der Waals surface area (Å²) in [6, 6.07) is 1.24. The molecule has 166 valence electrons. The van der Waals surface area contributed by atoms with Gasteiger partial charge in [0.05, 0.1) is 31.8 Å². The number of benzene rings is 1. The first-order valence-corrected chi connectivity index (χ1v) is 11.9. The van der Waals surface area contributed by atoms with Crippen molar-refractivity contribution < 1.29 is 13.3 Å². The van der Waals surface area contributed by atoms with E-state index in [4.69, 9.17) is 27.9 Å². The highest BCUT2D eigenvalue weighted by Gasteiger charge is 2.33. The summed E-state index contributed by atoms with van der Waals surface area (Å²) in [5.74, 6) is -0.519. The Bertz CT molecular complexity index is 705. The van der Waals surface area contributed by atoms with Gasteiger partial charge in [-0.25, -0.2) is 13.3 Å². The molecule has 4 nitrogen and oxygen atoms in total. The maximum atomic E-state index is 14.9. The van der Waals surface area contributed by atoms with Crippen LogP contribution in [0.15, 0.2) is 18.7 Å². The third-order valence-corrected chi connectivity index (χ3v) is 6.82. The van der Waals surface area contributed by atoms with Gasteiger partial charge in [0, 0.05) is 5.56 Å². The molecule has 29 heavy (non-hydrogen) atoms. The van der Waals surface area contributed by atoms with Gasteiger partial charge in [-0.3, -0.25) is 0 Å². The van der Waals surface area contributed by atoms with Crippen LogP contribution in [0, 0.1) is 11.7 Å². The lowest BCUT2D eigenvalue weighted by molar-refractivity contribution is 0.289. The van der Waals surface area contributed by atoms with Gasteiger partial charge in [-0.1, -0.05) is 49.7 Å². The van der Waals surface area contributed by atoms with Crippen molar-refractivity contribution in [1.29, 1.82) is 0 Å². The van der Waals surface area contributed by atoms with E-state index in [1.807, 2.05) is 34.6 Å². The van der Waals surface area contributed by atoms with Crippen molar-refractivity contribution in [2.45, 2.75) is 58.2 Å². The second kappa shape index (κ2) is 12.3. The number of hydrogen-bond donors (Lipinski definition) is 2. The molecule has 0 radical (unpaired) electrons. The summed E-state index contributed by atoms with van der Waals surface area (Å²) in [5, 5.41) is 3.24. The van der Waals surface area contributed by atoms with Crippen molar-refractivity contribution in [3.63, 3.8) is 0 Å². The van der Waals surface area contributed by atoms with E-state index in [1.54, 1.807) is 6.07 Å². The maximum absolute atomic E-state index is 14.9. The van der Waals surface area contributed by atoms with Crippen LogP contribution in [-0.4, -0.2) is 28.7 Å². The van der Waals surface area contributed by atoms with E-state index in [0.29, 0.717) is 5.56 Å². The zero-order valence-electron chi connectivity index (χ0n) is 17.9. The fraction of sp³-hybridized carbons (Fsp3) is 0.619. The first-order valence-electron chi connectivity index (χ1n) is 9.96. The van der Waals surface area contributed by atoms with Crippen LogP contribution in [0.4, 0.5) is 4.39 Å². The van der Waals surface area contributed by atoms with Crippen molar-refractivity contribution in [2.24, 2.45) is 5.92 Å². The van der Waals surface area contributed by atoms with Gasteiger partial charge in [0.25, 0.3) is 0 Å². The average Bonchev–Trinajstić information content (AvgIpc) is 2.70. The number of hydrogen-bond acceptors (Lipinski definition) is 3. The van der Waals surface area contributed by atoms with Crippen molar-refractivity contribution in [1.82, 2.24) is 10.0 Å². The van der Waals surface area contributed by atoms with Crippen LogP contribution in [0.25, 0.3) is 0 Å². The monoisotopic (exact) mass is 466 g/mol. The normalized spacial score (nSPS) is 17.1. The molecular formula is C21H33Cl2FN2O2S. The number of nitrogens with one attached hydrogen (secondary N) is 2. The largest absolute Gasteiger partial charge is 0.486 e. The molecule has 0 aliphatic carbocycles. The third kappa shape index (κ3) is 7.21. The van der Waals surface area contributed by atoms with Crippen molar-refractivity contribution >= 4 is 34.2 Å². The Morgan fingerprint density at radius 3 is 2.48 bits per heavy atom.